The first-order chi connectivity index (χ1) is 10.2. The van der Waals surface area contributed by atoms with Gasteiger partial charge in [0.05, 0.1) is 12.7 Å². The van der Waals surface area contributed by atoms with E-state index in [9.17, 15) is 4.79 Å². The van der Waals surface area contributed by atoms with Crippen LogP contribution < -0.4 is 14.2 Å². The van der Waals surface area contributed by atoms with E-state index in [-0.39, 0.29) is 0 Å². The maximum atomic E-state index is 10.9. The Bertz CT molecular complexity index is 596. The fraction of sp³-hybridized carbons (Fsp3) is 0.188. The third-order valence-electron chi connectivity index (χ3n) is 2.77. The van der Waals surface area contributed by atoms with Crippen molar-refractivity contribution in [1.29, 1.82) is 0 Å². The molecule has 4 nitrogen and oxygen atoms in total. The number of ether oxygens (including phenoxy) is 3. The summed E-state index contributed by atoms with van der Waals surface area (Å²) in [5.74, 6) is 1.99. The van der Waals surface area contributed by atoms with Crippen LogP contribution in [0.25, 0.3) is 0 Å². The molecule has 0 unspecified atom stereocenters. The smallest absolute Gasteiger partial charge is 0.153 e. The van der Waals surface area contributed by atoms with E-state index in [0.717, 1.165) is 11.5 Å². The number of aldehydes is 1. The Kier molecular flexibility index (Phi) is 5.46. The SMILES string of the molecule is COc1ccc(OCCOc2ccc(Cl)cc2C=O)cc1. The molecule has 0 N–H and O–H groups in total. The third kappa shape index (κ3) is 4.39. The molecule has 0 saturated heterocycles. The van der Waals surface area contributed by atoms with Gasteiger partial charge in [0.15, 0.2) is 6.29 Å². The number of carbonyl (C=O) groups excluding carboxylic acids is 1. The molecule has 0 amide bonds. The van der Waals surface area contributed by atoms with Gasteiger partial charge in [-0.15, -0.1) is 0 Å². The van der Waals surface area contributed by atoms with E-state index in [4.69, 9.17) is 25.8 Å². The summed E-state index contributed by atoms with van der Waals surface area (Å²) in [7, 11) is 1.61. The van der Waals surface area contributed by atoms with Crippen molar-refractivity contribution >= 4 is 17.9 Å². The summed E-state index contributed by atoms with van der Waals surface area (Å²) in [5.41, 5.74) is 0.423. The zero-order valence-electron chi connectivity index (χ0n) is 11.5. The molecule has 0 aliphatic heterocycles. The first-order valence-corrected chi connectivity index (χ1v) is 6.75. The van der Waals surface area contributed by atoms with Gasteiger partial charge in [0, 0.05) is 5.02 Å². The van der Waals surface area contributed by atoms with E-state index in [1.807, 2.05) is 24.3 Å². The molecular weight excluding hydrogens is 292 g/mol. The maximum Gasteiger partial charge on any atom is 0.153 e. The molecule has 2 aromatic rings. The van der Waals surface area contributed by atoms with Crippen LogP contribution in [0.5, 0.6) is 17.2 Å². The zero-order chi connectivity index (χ0) is 15.1. The summed E-state index contributed by atoms with van der Waals surface area (Å²) in [6.07, 6.45) is 0.714. The van der Waals surface area contributed by atoms with Crippen LogP contribution in [0.1, 0.15) is 10.4 Å². The van der Waals surface area contributed by atoms with Crippen molar-refractivity contribution < 1.29 is 19.0 Å². The first kappa shape index (κ1) is 15.2. The largest absolute Gasteiger partial charge is 0.497 e. The van der Waals surface area contributed by atoms with Crippen LogP contribution in [-0.2, 0) is 0 Å². The van der Waals surface area contributed by atoms with Gasteiger partial charge in [-0.25, -0.2) is 0 Å². The van der Waals surface area contributed by atoms with Gasteiger partial charge < -0.3 is 14.2 Å². The average Bonchev–Trinajstić information content (AvgIpc) is 2.53. The van der Waals surface area contributed by atoms with E-state index in [1.54, 1.807) is 25.3 Å². The minimum atomic E-state index is 0.328. The molecule has 0 aliphatic rings. The minimum Gasteiger partial charge on any atom is -0.497 e. The van der Waals surface area contributed by atoms with Gasteiger partial charge in [-0.2, -0.15) is 0 Å². The Balaban J connectivity index is 1.82. The molecule has 110 valence electrons. The monoisotopic (exact) mass is 306 g/mol. The molecule has 0 aromatic heterocycles. The van der Waals surface area contributed by atoms with E-state index in [2.05, 4.69) is 0 Å². The lowest BCUT2D eigenvalue weighted by Gasteiger charge is -2.10. The van der Waals surface area contributed by atoms with Gasteiger partial charge in [0.1, 0.15) is 30.5 Å². The summed E-state index contributed by atoms with van der Waals surface area (Å²) in [5, 5.41) is 0.499. The number of rotatable bonds is 7. The lowest BCUT2D eigenvalue weighted by Crippen LogP contribution is -2.09. The highest BCUT2D eigenvalue weighted by atomic mass is 35.5. The van der Waals surface area contributed by atoms with Crippen molar-refractivity contribution in [2.24, 2.45) is 0 Å². The molecule has 0 spiro atoms. The van der Waals surface area contributed by atoms with Gasteiger partial charge in [0.25, 0.3) is 0 Å². The van der Waals surface area contributed by atoms with Crippen molar-refractivity contribution in [3.8, 4) is 17.2 Å². The fourth-order valence-corrected chi connectivity index (χ4v) is 1.91. The van der Waals surface area contributed by atoms with Crippen molar-refractivity contribution in [1.82, 2.24) is 0 Å². The topological polar surface area (TPSA) is 44.8 Å². The Morgan fingerprint density at radius 1 is 1.00 bits per heavy atom. The standard InChI is InChI=1S/C16H15ClO4/c1-19-14-3-5-15(6-4-14)20-8-9-21-16-7-2-13(17)10-12(16)11-18/h2-7,10-11H,8-9H2,1H3. The highest BCUT2D eigenvalue weighted by Crippen LogP contribution is 2.21. The Morgan fingerprint density at radius 3 is 2.33 bits per heavy atom. The van der Waals surface area contributed by atoms with E-state index >= 15 is 0 Å². The van der Waals surface area contributed by atoms with Crippen molar-refractivity contribution in [2.45, 2.75) is 0 Å². The maximum absolute atomic E-state index is 10.9. The Labute approximate surface area is 128 Å². The van der Waals surface area contributed by atoms with E-state index < -0.39 is 0 Å². The zero-order valence-corrected chi connectivity index (χ0v) is 12.3. The fourth-order valence-electron chi connectivity index (χ4n) is 1.73. The highest BCUT2D eigenvalue weighted by molar-refractivity contribution is 6.30. The second-order valence-electron chi connectivity index (χ2n) is 4.17. The van der Waals surface area contributed by atoms with Crippen LogP contribution in [-0.4, -0.2) is 26.6 Å². The summed E-state index contributed by atoms with van der Waals surface area (Å²) in [6, 6.07) is 12.2. The lowest BCUT2D eigenvalue weighted by atomic mass is 10.2. The predicted octanol–water partition coefficient (Wildman–Crippen LogP) is 3.62. The Morgan fingerprint density at radius 2 is 1.67 bits per heavy atom. The van der Waals surface area contributed by atoms with Crippen LogP contribution in [0.2, 0.25) is 5.02 Å². The Hall–Kier alpha value is -2.20. The molecular formula is C16H15ClO4. The lowest BCUT2D eigenvalue weighted by molar-refractivity contribution is 0.111. The summed E-state index contributed by atoms with van der Waals surface area (Å²) >= 11 is 5.81. The number of hydrogen-bond donors (Lipinski definition) is 0. The molecule has 0 heterocycles. The highest BCUT2D eigenvalue weighted by Gasteiger charge is 2.04. The first-order valence-electron chi connectivity index (χ1n) is 6.37. The summed E-state index contributed by atoms with van der Waals surface area (Å²) in [6.45, 7) is 0.696. The van der Waals surface area contributed by atoms with E-state index in [0.29, 0.717) is 35.8 Å². The molecule has 2 rings (SSSR count). The van der Waals surface area contributed by atoms with Crippen molar-refractivity contribution in [3.63, 3.8) is 0 Å². The van der Waals surface area contributed by atoms with Gasteiger partial charge >= 0.3 is 0 Å². The number of benzene rings is 2. The predicted molar refractivity (Wildman–Crippen MR) is 80.8 cm³/mol. The number of carbonyl (C=O) groups is 1. The van der Waals surface area contributed by atoms with E-state index in [1.165, 1.54) is 0 Å². The normalized spacial score (nSPS) is 10.0. The molecule has 0 fully saturated rings. The van der Waals surface area contributed by atoms with Gasteiger partial charge in [-0.3, -0.25) is 4.79 Å². The summed E-state index contributed by atoms with van der Waals surface area (Å²) in [4.78, 5) is 10.9. The molecule has 0 radical (unpaired) electrons. The molecule has 21 heavy (non-hydrogen) atoms. The van der Waals surface area contributed by atoms with Crippen molar-refractivity contribution in [2.75, 3.05) is 20.3 Å². The molecule has 0 bridgehead atoms. The molecule has 0 saturated carbocycles. The molecule has 2 aromatic carbocycles. The number of hydrogen-bond acceptors (Lipinski definition) is 4. The second-order valence-corrected chi connectivity index (χ2v) is 4.61. The van der Waals surface area contributed by atoms with Gasteiger partial charge in [0.2, 0.25) is 0 Å². The molecule has 5 heteroatoms. The minimum absolute atomic E-state index is 0.328. The van der Waals surface area contributed by atoms with Crippen LogP contribution in [0.4, 0.5) is 0 Å². The second kappa shape index (κ2) is 7.55. The van der Waals surface area contributed by atoms with Crippen LogP contribution in [0, 0.1) is 0 Å². The van der Waals surface area contributed by atoms with Gasteiger partial charge in [-0.1, -0.05) is 11.6 Å². The quantitative estimate of drug-likeness (QED) is 0.579. The summed E-state index contributed by atoms with van der Waals surface area (Å²) < 4.78 is 16.1. The van der Waals surface area contributed by atoms with Crippen LogP contribution >= 0.6 is 11.6 Å². The van der Waals surface area contributed by atoms with Crippen molar-refractivity contribution in [3.05, 3.63) is 53.1 Å². The average molecular weight is 307 g/mol. The number of methoxy groups -OCH3 is 1. The molecule has 0 aliphatic carbocycles. The molecule has 0 atom stereocenters. The van der Waals surface area contributed by atoms with Crippen LogP contribution in [0.15, 0.2) is 42.5 Å². The van der Waals surface area contributed by atoms with Crippen LogP contribution in [0.3, 0.4) is 0 Å². The van der Waals surface area contributed by atoms with Gasteiger partial charge in [-0.05, 0) is 42.5 Å². The third-order valence-corrected chi connectivity index (χ3v) is 3.00. The number of halogens is 1.